The highest BCUT2D eigenvalue weighted by molar-refractivity contribution is 5.55. The van der Waals surface area contributed by atoms with E-state index in [1.807, 2.05) is 19.9 Å². The van der Waals surface area contributed by atoms with Crippen molar-refractivity contribution in [2.75, 3.05) is 7.05 Å². The van der Waals surface area contributed by atoms with Gasteiger partial charge in [-0.25, -0.2) is 0 Å². The summed E-state index contributed by atoms with van der Waals surface area (Å²) in [5.74, 6) is 0. The first-order chi connectivity index (χ1) is 4.12. The van der Waals surface area contributed by atoms with Gasteiger partial charge in [-0.05, 0) is 13.8 Å². The van der Waals surface area contributed by atoms with Crippen LogP contribution < -0.4 is 5.32 Å². The van der Waals surface area contributed by atoms with Crippen molar-refractivity contribution in [3.8, 4) is 0 Å². The van der Waals surface area contributed by atoms with Crippen LogP contribution in [0.1, 0.15) is 13.8 Å². The first-order valence-electron chi connectivity index (χ1n) is 2.94. The molecule has 0 bridgehead atoms. The summed E-state index contributed by atoms with van der Waals surface area (Å²) < 4.78 is 0. The van der Waals surface area contributed by atoms with E-state index in [1.54, 1.807) is 13.4 Å². The second-order valence-electron chi connectivity index (χ2n) is 2.46. The van der Waals surface area contributed by atoms with E-state index in [4.69, 9.17) is 0 Å². The number of aliphatic imine (C=N–C) groups is 1. The summed E-state index contributed by atoms with van der Waals surface area (Å²) in [4.78, 5) is 3.78. The van der Waals surface area contributed by atoms with Crippen LogP contribution in [-0.2, 0) is 0 Å². The van der Waals surface area contributed by atoms with Crippen molar-refractivity contribution < 1.29 is 0 Å². The van der Waals surface area contributed by atoms with Gasteiger partial charge in [-0.1, -0.05) is 6.08 Å². The predicted molar refractivity (Wildman–Crippen MR) is 41.8 cm³/mol. The van der Waals surface area contributed by atoms with Crippen LogP contribution in [-0.4, -0.2) is 18.9 Å². The van der Waals surface area contributed by atoms with Gasteiger partial charge in [0.05, 0.1) is 11.9 Å². The quantitative estimate of drug-likeness (QED) is 0.343. The molecule has 0 unspecified atom stereocenters. The molecule has 0 radical (unpaired) electrons. The Morgan fingerprint density at radius 2 is 2.11 bits per heavy atom. The minimum Gasteiger partial charge on any atom is -0.368 e. The van der Waals surface area contributed by atoms with Gasteiger partial charge in [0.15, 0.2) is 0 Å². The summed E-state index contributed by atoms with van der Waals surface area (Å²) >= 11 is 0. The van der Waals surface area contributed by atoms with Gasteiger partial charge in [-0.15, -0.1) is 6.58 Å². The molecular formula is C7H14N2. The van der Waals surface area contributed by atoms with Gasteiger partial charge >= 0.3 is 0 Å². The maximum absolute atomic E-state index is 3.78. The zero-order valence-electron chi connectivity index (χ0n) is 6.31. The van der Waals surface area contributed by atoms with Crippen molar-refractivity contribution in [3.63, 3.8) is 0 Å². The monoisotopic (exact) mass is 126 g/mol. The molecule has 0 aliphatic heterocycles. The van der Waals surface area contributed by atoms with Gasteiger partial charge in [0.25, 0.3) is 0 Å². The smallest absolute Gasteiger partial charge is 0.0826 e. The lowest BCUT2D eigenvalue weighted by Gasteiger charge is -2.18. The first kappa shape index (κ1) is 8.21. The summed E-state index contributed by atoms with van der Waals surface area (Å²) in [7, 11) is 1.73. The lowest BCUT2D eigenvalue weighted by Crippen LogP contribution is -2.35. The van der Waals surface area contributed by atoms with E-state index in [1.165, 1.54) is 0 Å². The number of hydrogen-bond acceptors (Lipinski definition) is 1. The molecule has 52 valence electrons. The summed E-state index contributed by atoms with van der Waals surface area (Å²) in [6.07, 6.45) is 3.51. The fourth-order valence-electron chi connectivity index (χ4n) is 0.290. The molecule has 9 heavy (non-hydrogen) atoms. The Morgan fingerprint density at radius 3 is 2.44 bits per heavy atom. The zero-order valence-corrected chi connectivity index (χ0v) is 6.31. The standard InChI is InChI=1S/C7H14N2/c1-5-7(2,3)9-6-8-4/h5-6H,1H2,2-4H3,(H,8,9). The third kappa shape index (κ3) is 3.76. The molecule has 1 N–H and O–H groups in total. The van der Waals surface area contributed by atoms with Crippen molar-refractivity contribution >= 4 is 6.34 Å². The SMILES string of the molecule is C=CC(C)(C)NC=NC. The summed E-state index contributed by atoms with van der Waals surface area (Å²) in [6.45, 7) is 7.72. The highest BCUT2D eigenvalue weighted by atomic mass is 15.0. The number of nitrogens with zero attached hydrogens (tertiary/aromatic N) is 1. The zero-order chi connectivity index (χ0) is 7.33. The lowest BCUT2D eigenvalue weighted by molar-refractivity contribution is 0.584. The van der Waals surface area contributed by atoms with E-state index in [0.717, 1.165) is 0 Å². The van der Waals surface area contributed by atoms with Crippen LogP contribution in [0.3, 0.4) is 0 Å². The number of nitrogens with one attached hydrogen (secondary N) is 1. The molecule has 0 saturated heterocycles. The molecule has 2 heteroatoms. The second kappa shape index (κ2) is 3.28. The van der Waals surface area contributed by atoms with Crippen molar-refractivity contribution in [1.29, 1.82) is 0 Å². The van der Waals surface area contributed by atoms with Crippen LogP contribution >= 0.6 is 0 Å². The predicted octanol–water partition coefficient (Wildman–Crippen LogP) is 1.20. The highest BCUT2D eigenvalue weighted by Crippen LogP contribution is 1.99. The molecule has 0 aromatic heterocycles. The van der Waals surface area contributed by atoms with Crippen molar-refractivity contribution in [3.05, 3.63) is 12.7 Å². The van der Waals surface area contributed by atoms with E-state index >= 15 is 0 Å². The third-order valence-corrected chi connectivity index (χ3v) is 1.08. The van der Waals surface area contributed by atoms with Crippen LogP contribution in [0.4, 0.5) is 0 Å². The van der Waals surface area contributed by atoms with Gasteiger partial charge in [0.1, 0.15) is 0 Å². The fraction of sp³-hybridized carbons (Fsp3) is 0.571. The Kier molecular flexibility index (Phi) is 2.99. The minimum absolute atomic E-state index is 0.0422. The van der Waals surface area contributed by atoms with Crippen LogP contribution in [0, 0.1) is 0 Å². The van der Waals surface area contributed by atoms with Crippen LogP contribution in [0.15, 0.2) is 17.6 Å². The molecular weight excluding hydrogens is 112 g/mol. The Bertz CT molecular complexity index is 114. The molecule has 0 aliphatic carbocycles. The molecule has 0 heterocycles. The summed E-state index contributed by atoms with van der Waals surface area (Å²) in [5.41, 5.74) is -0.0422. The van der Waals surface area contributed by atoms with Crippen LogP contribution in [0.5, 0.6) is 0 Å². The summed E-state index contributed by atoms with van der Waals surface area (Å²) in [5, 5.41) is 3.05. The van der Waals surface area contributed by atoms with Crippen molar-refractivity contribution in [2.24, 2.45) is 4.99 Å². The van der Waals surface area contributed by atoms with Gasteiger partial charge < -0.3 is 5.32 Å². The number of hydrogen-bond donors (Lipinski definition) is 1. The Morgan fingerprint density at radius 1 is 1.56 bits per heavy atom. The van der Waals surface area contributed by atoms with E-state index in [-0.39, 0.29) is 5.54 Å². The maximum atomic E-state index is 3.78. The maximum Gasteiger partial charge on any atom is 0.0826 e. The average molecular weight is 126 g/mol. The molecule has 0 spiro atoms. The van der Waals surface area contributed by atoms with Crippen LogP contribution in [0.25, 0.3) is 0 Å². The average Bonchev–Trinajstić information content (AvgIpc) is 1.84. The molecule has 0 saturated carbocycles. The Hall–Kier alpha value is -0.790. The van der Waals surface area contributed by atoms with E-state index in [2.05, 4.69) is 16.9 Å². The molecule has 0 rings (SSSR count). The largest absolute Gasteiger partial charge is 0.368 e. The Labute approximate surface area is 56.7 Å². The van der Waals surface area contributed by atoms with Gasteiger partial charge in [-0.2, -0.15) is 0 Å². The fourth-order valence-corrected chi connectivity index (χ4v) is 0.290. The summed E-state index contributed by atoms with van der Waals surface area (Å²) in [6, 6.07) is 0. The van der Waals surface area contributed by atoms with E-state index < -0.39 is 0 Å². The molecule has 0 amide bonds. The molecule has 0 aromatic rings. The van der Waals surface area contributed by atoms with Gasteiger partial charge in [0, 0.05) is 7.05 Å². The molecule has 2 nitrogen and oxygen atoms in total. The molecule has 0 aliphatic rings. The second-order valence-corrected chi connectivity index (χ2v) is 2.46. The van der Waals surface area contributed by atoms with Crippen LogP contribution in [0.2, 0.25) is 0 Å². The third-order valence-electron chi connectivity index (χ3n) is 1.08. The Balaban J connectivity index is 3.71. The van der Waals surface area contributed by atoms with Gasteiger partial charge in [-0.3, -0.25) is 4.99 Å². The van der Waals surface area contributed by atoms with E-state index in [9.17, 15) is 0 Å². The molecule has 0 atom stereocenters. The van der Waals surface area contributed by atoms with E-state index in [0.29, 0.717) is 0 Å². The topological polar surface area (TPSA) is 24.4 Å². The minimum atomic E-state index is -0.0422. The number of rotatable bonds is 3. The molecule has 0 fully saturated rings. The lowest BCUT2D eigenvalue weighted by atomic mass is 10.1. The highest BCUT2D eigenvalue weighted by Gasteiger charge is 2.07. The van der Waals surface area contributed by atoms with Crippen molar-refractivity contribution in [2.45, 2.75) is 19.4 Å². The first-order valence-corrected chi connectivity index (χ1v) is 2.94. The van der Waals surface area contributed by atoms with Gasteiger partial charge in [0.2, 0.25) is 0 Å². The normalized spacial score (nSPS) is 11.9. The van der Waals surface area contributed by atoms with Crippen molar-refractivity contribution in [1.82, 2.24) is 5.32 Å². The molecule has 0 aromatic carbocycles.